The molecule has 1 unspecified atom stereocenters. The molecule has 1 heterocycles. The number of urea groups is 1. The third-order valence-electron chi connectivity index (χ3n) is 5.09. The SMILES string of the molecule is CNC(=O)c1cc(NC(=O)NC2CCN(C3CCCC3)C2)ccc1F. The van der Waals surface area contributed by atoms with Gasteiger partial charge in [-0.1, -0.05) is 12.8 Å². The van der Waals surface area contributed by atoms with Crippen molar-refractivity contribution in [1.82, 2.24) is 15.5 Å². The highest BCUT2D eigenvalue weighted by atomic mass is 19.1. The summed E-state index contributed by atoms with van der Waals surface area (Å²) in [5, 5.41) is 8.04. The van der Waals surface area contributed by atoms with Crippen LogP contribution in [0.2, 0.25) is 0 Å². The van der Waals surface area contributed by atoms with Crippen LogP contribution >= 0.6 is 0 Å². The minimum absolute atomic E-state index is 0.0893. The maximum Gasteiger partial charge on any atom is 0.319 e. The maximum atomic E-state index is 13.7. The van der Waals surface area contributed by atoms with Gasteiger partial charge in [0.25, 0.3) is 5.91 Å². The molecule has 1 aliphatic carbocycles. The number of hydrogen-bond donors (Lipinski definition) is 3. The molecule has 3 N–H and O–H groups in total. The number of carbonyl (C=O) groups excluding carboxylic acids is 2. The maximum absolute atomic E-state index is 13.7. The highest BCUT2D eigenvalue weighted by molar-refractivity contribution is 5.97. The molecule has 0 radical (unpaired) electrons. The van der Waals surface area contributed by atoms with Crippen LogP contribution in [-0.4, -0.2) is 49.1 Å². The van der Waals surface area contributed by atoms with Crippen molar-refractivity contribution in [2.24, 2.45) is 0 Å². The Morgan fingerprint density at radius 3 is 2.68 bits per heavy atom. The molecule has 2 fully saturated rings. The zero-order valence-corrected chi connectivity index (χ0v) is 14.5. The molecule has 1 aliphatic heterocycles. The van der Waals surface area contributed by atoms with Crippen LogP contribution in [0.25, 0.3) is 0 Å². The molecule has 0 bridgehead atoms. The summed E-state index contributed by atoms with van der Waals surface area (Å²) in [4.78, 5) is 26.3. The molecular formula is C18H25FN4O2. The quantitative estimate of drug-likeness (QED) is 0.782. The van der Waals surface area contributed by atoms with E-state index >= 15 is 0 Å². The summed E-state index contributed by atoms with van der Waals surface area (Å²) >= 11 is 0. The molecule has 3 rings (SSSR count). The van der Waals surface area contributed by atoms with E-state index in [4.69, 9.17) is 0 Å². The largest absolute Gasteiger partial charge is 0.355 e. The van der Waals surface area contributed by atoms with Crippen molar-refractivity contribution in [1.29, 1.82) is 0 Å². The lowest BCUT2D eigenvalue weighted by atomic mass is 10.1. The first kappa shape index (κ1) is 17.7. The summed E-state index contributed by atoms with van der Waals surface area (Å²) in [7, 11) is 1.44. The molecule has 1 saturated heterocycles. The molecule has 0 spiro atoms. The Hall–Kier alpha value is -2.15. The molecule has 1 aromatic rings. The van der Waals surface area contributed by atoms with Crippen molar-refractivity contribution in [3.63, 3.8) is 0 Å². The summed E-state index contributed by atoms with van der Waals surface area (Å²) in [6.45, 7) is 1.90. The first-order chi connectivity index (χ1) is 12.1. The number of nitrogens with zero attached hydrogens (tertiary/aromatic N) is 1. The Kier molecular flexibility index (Phi) is 5.53. The number of hydrogen-bond acceptors (Lipinski definition) is 3. The summed E-state index contributed by atoms with van der Waals surface area (Å²) in [6.07, 6.45) is 6.07. The molecule has 136 valence electrons. The summed E-state index contributed by atoms with van der Waals surface area (Å²) in [5.74, 6) is -1.14. The van der Waals surface area contributed by atoms with Gasteiger partial charge in [-0.25, -0.2) is 9.18 Å². The first-order valence-corrected chi connectivity index (χ1v) is 8.90. The Labute approximate surface area is 147 Å². The second-order valence-corrected chi connectivity index (χ2v) is 6.79. The number of anilines is 1. The van der Waals surface area contributed by atoms with Gasteiger partial charge in [-0.2, -0.15) is 0 Å². The topological polar surface area (TPSA) is 73.5 Å². The predicted molar refractivity (Wildman–Crippen MR) is 94.2 cm³/mol. The predicted octanol–water partition coefficient (Wildman–Crippen LogP) is 2.32. The number of amides is 3. The van der Waals surface area contributed by atoms with E-state index in [0.29, 0.717) is 11.7 Å². The zero-order chi connectivity index (χ0) is 17.8. The minimum Gasteiger partial charge on any atom is -0.355 e. The van der Waals surface area contributed by atoms with Crippen molar-refractivity contribution in [3.8, 4) is 0 Å². The zero-order valence-electron chi connectivity index (χ0n) is 14.5. The molecule has 2 aliphatic rings. The highest BCUT2D eigenvalue weighted by Gasteiger charge is 2.30. The Morgan fingerprint density at radius 1 is 1.20 bits per heavy atom. The van der Waals surface area contributed by atoms with Gasteiger partial charge in [-0.05, 0) is 37.5 Å². The van der Waals surface area contributed by atoms with Crippen LogP contribution in [0.3, 0.4) is 0 Å². The number of nitrogens with one attached hydrogen (secondary N) is 3. The summed E-state index contributed by atoms with van der Waals surface area (Å²) < 4.78 is 13.7. The monoisotopic (exact) mass is 348 g/mol. The third-order valence-corrected chi connectivity index (χ3v) is 5.09. The number of carbonyl (C=O) groups is 2. The minimum atomic E-state index is -0.617. The molecule has 7 heteroatoms. The lowest BCUT2D eigenvalue weighted by Crippen LogP contribution is -2.41. The van der Waals surface area contributed by atoms with Crippen molar-refractivity contribution >= 4 is 17.6 Å². The van der Waals surface area contributed by atoms with Gasteiger partial charge in [0.05, 0.1) is 5.56 Å². The number of likely N-dealkylation sites (tertiary alicyclic amines) is 1. The van der Waals surface area contributed by atoms with Crippen molar-refractivity contribution in [3.05, 3.63) is 29.6 Å². The van der Waals surface area contributed by atoms with Crippen molar-refractivity contribution in [2.75, 3.05) is 25.5 Å². The van der Waals surface area contributed by atoms with Gasteiger partial charge < -0.3 is 16.0 Å². The van der Waals surface area contributed by atoms with E-state index in [1.165, 1.54) is 50.9 Å². The van der Waals surface area contributed by atoms with E-state index in [1.807, 2.05) is 0 Å². The van der Waals surface area contributed by atoms with Crippen LogP contribution in [0, 0.1) is 5.82 Å². The summed E-state index contributed by atoms with van der Waals surface area (Å²) in [5.41, 5.74) is 0.303. The van der Waals surface area contributed by atoms with Gasteiger partial charge in [0, 0.05) is 37.9 Å². The van der Waals surface area contributed by atoms with Gasteiger partial charge in [0.2, 0.25) is 0 Å². The Balaban J connectivity index is 1.53. The lowest BCUT2D eigenvalue weighted by Gasteiger charge is -2.23. The molecule has 3 amide bonds. The molecular weight excluding hydrogens is 323 g/mol. The van der Waals surface area contributed by atoms with E-state index in [0.717, 1.165) is 19.5 Å². The highest BCUT2D eigenvalue weighted by Crippen LogP contribution is 2.26. The van der Waals surface area contributed by atoms with Gasteiger partial charge in [-0.15, -0.1) is 0 Å². The fraction of sp³-hybridized carbons (Fsp3) is 0.556. The van der Waals surface area contributed by atoms with Crippen LogP contribution < -0.4 is 16.0 Å². The van der Waals surface area contributed by atoms with Gasteiger partial charge in [0.15, 0.2) is 0 Å². The van der Waals surface area contributed by atoms with E-state index < -0.39 is 11.7 Å². The van der Waals surface area contributed by atoms with E-state index in [9.17, 15) is 14.0 Å². The van der Waals surface area contributed by atoms with E-state index in [2.05, 4.69) is 20.9 Å². The average Bonchev–Trinajstić information content (AvgIpc) is 3.27. The number of benzene rings is 1. The van der Waals surface area contributed by atoms with Gasteiger partial charge in [0.1, 0.15) is 5.82 Å². The smallest absolute Gasteiger partial charge is 0.319 e. The number of halogens is 1. The third kappa shape index (κ3) is 4.28. The van der Waals surface area contributed by atoms with Crippen LogP contribution in [-0.2, 0) is 0 Å². The molecule has 1 atom stereocenters. The van der Waals surface area contributed by atoms with Crippen molar-refractivity contribution in [2.45, 2.75) is 44.2 Å². The van der Waals surface area contributed by atoms with Gasteiger partial charge in [-0.3, -0.25) is 9.69 Å². The molecule has 6 nitrogen and oxygen atoms in total. The number of rotatable bonds is 4. The van der Waals surface area contributed by atoms with Crippen molar-refractivity contribution < 1.29 is 14.0 Å². The standard InChI is InChI=1S/C18H25FN4O2/c1-20-17(24)15-10-12(6-7-16(15)19)21-18(25)22-13-8-9-23(11-13)14-4-2-3-5-14/h6-7,10,13-14H,2-5,8-9,11H2,1H3,(H,20,24)(H2,21,22,25). The molecule has 0 aromatic heterocycles. The first-order valence-electron chi connectivity index (χ1n) is 8.90. The fourth-order valence-electron chi connectivity index (χ4n) is 3.77. The van der Waals surface area contributed by atoms with E-state index in [1.54, 1.807) is 0 Å². The van der Waals surface area contributed by atoms with Gasteiger partial charge >= 0.3 is 6.03 Å². The molecule has 1 aromatic carbocycles. The summed E-state index contributed by atoms with van der Waals surface area (Å²) in [6, 6.07) is 4.43. The Bertz CT molecular complexity index is 646. The second kappa shape index (κ2) is 7.82. The van der Waals surface area contributed by atoms with Crippen LogP contribution in [0.5, 0.6) is 0 Å². The normalized spacial score (nSPS) is 21.3. The van der Waals surface area contributed by atoms with E-state index in [-0.39, 0.29) is 17.6 Å². The molecule has 25 heavy (non-hydrogen) atoms. The van der Waals surface area contributed by atoms with Crippen LogP contribution in [0.1, 0.15) is 42.5 Å². The Morgan fingerprint density at radius 2 is 1.96 bits per heavy atom. The van der Waals surface area contributed by atoms with Crippen LogP contribution in [0.4, 0.5) is 14.9 Å². The average molecular weight is 348 g/mol. The fourth-order valence-corrected chi connectivity index (χ4v) is 3.77. The van der Waals surface area contributed by atoms with Crippen LogP contribution in [0.15, 0.2) is 18.2 Å². The second-order valence-electron chi connectivity index (χ2n) is 6.79. The molecule has 1 saturated carbocycles. The lowest BCUT2D eigenvalue weighted by molar-refractivity contribution is 0.0959.